The molecule has 4 nitrogen and oxygen atoms in total. The molecule has 144 valence electrons. The topological polar surface area (TPSA) is 47.9 Å². The van der Waals surface area contributed by atoms with Gasteiger partial charge in [-0.2, -0.15) is 0 Å². The van der Waals surface area contributed by atoms with E-state index >= 15 is 0 Å². The summed E-state index contributed by atoms with van der Waals surface area (Å²) in [4.78, 5) is 0. The summed E-state index contributed by atoms with van der Waals surface area (Å²) in [6.07, 6.45) is 14.8. The lowest BCUT2D eigenvalue weighted by atomic mass is 10.1. The average Bonchev–Trinajstić information content (AvgIpc) is 2.60. The van der Waals surface area contributed by atoms with Crippen LogP contribution in [0.4, 0.5) is 0 Å². The van der Waals surface area contributed by atoms with E-state index in [-0.39, 0.29) is 25.1 Å². The first kappa shape index (κ1) is 21.9. The van der Waals surface area contributed by atoms with Crippen LogP contribution in [0.25, 0.3) is 0 Å². The SMILES string of the molecule is CCCCCCCCCCCCOC(C)C[C@H]1OCC[C@H](CO)O1. The first-order chi connectivity index (χ1) is 11.8. The minimum absolute atomic E-state index is 0.0714. The van der Waals surface area contributed by atoms with Crippen LogP contribution < -0.4 is 0 Å². The highest BCUT2D eigenvalue weighted by Crippen LogP contribution is 2.17. The highest BCUT2D eigenvalue weighted by molar-refractivity contribution is 4.65. The van der Waals surface area contributed by atoms with Gasteiger partial charge < -0.3 is 19.3 Å². The molecule has 0 aromatic heterocycles. The molecule has 1 heterocycles. The summed E-state index contributed by atoms with van der Waals surface area (Å²) in [6.45, 7) is 5.91. The molecular weight excluding hydrogens is 304 g/mol. The zero-order valence-corrected chi connectivity index (χ0v) is 16.0. The molecule has 1 N–H and O–H groups in total. The third kappa shape index (κ3) is 11.4. The maximum atomic E-state index is 9.15. The average molecular weight is 345 g/mol. The first-order valence-corrected chi connectivity index (χ1v) is 10.3. The molecule has 1 fully saturated rings. The fourth-order valence-corrected chi connectivity index (χ4v) is 3.12. The molecule has 0 amide bonds. The smallest absolute Gasteiger partial charge is 0.160 e. The Labute approximate surface area is 149 Å². The van der Waals surface area contributed by atoms with Crippen molar-refractivity contribution in [2.75, 3.05) is 19.8 Å². The maximum Gasteiger partial charge on any atom is 0.160 e. The standard InChI is InChI=1S/C20H40O4/c1-3-4-5-6-7-8-9-10-11-12-14-22-18(2)16-20-23-15-13-19(17-21)24-20/h18-21H,3-17H2,1-2H3/t18?,19-,20+/m1/s1. The Bertz CT molecular complexity index is 272. The van der Waals surface area contributed by atoms with Crippen LogP contribution >= 0.6 is 0 Å². The van der Waals surface area contributed by atoms with Crippen molar-refractivity contribution in [2.45, 2.75) is 109 Å². The molecule has 0 aromatic carbocycles. The Morgan fingerprint density at radius 1 is 1.00 bits per heavy atom. The molecule has 0 bridgehead atoms. The number of unbranched alkanes of at least 4 members (excludes halogenated alkanes) is 9. The van der Waals surface area contributed by atoms with E-state index in [9.17, 15) is 0 Å². The van der Waals surface area contributed by atoms with E-state index in [4.69, 9.17) is 19.3 Å². The van der Waals surface area contributed by atoms with Crippen molar-refractivity contribution in [3.63, 3.8) is 0 Å². The zero-order valence-electron chi connectivity index (χ0n) is 16.0. The van der Waals surface area contributed by atoms with Gasteiger partial charge in [0.25, 0.3) is 0 Å². The fourth-order valence-electron chi connectivity index (χ4n) is 3.12. The van der Waals surface area contributed by atoms with Crippen molar-refractivity contribution >= 4 is 0 Å². The van der Waals surface area contributed by atoms with Gasteiger partial charge in [0.05, 0.1) is 25.4 Å². The number of ether oxygens (including phenoxy) is 3. The molecule has 0 saturated carbocycles. The highest BCUT2D eigenvalue weighted by atomic mass is 16.7. The van der Waals surface area contributed by atoms with Crippen LogP contribution in [0.1, 0.15) is 90.9 Å². The molecule has 1 aliphatic rings. The van der Waals surface area contributed by atoms with Gasteiger partial charge in [0.15, 0.2) is 6.29 Å². The summed E-state index contributed by atoms with van der Waals surface area (Å²) >= 11 is 0. The molecular formula is C20H40O4. The van der Waals surface area contributed by atoms with Crippen LogP contribution in [0.15, 0.2) is 0 Å². The third-order valence-electron chi connectivity index (χ3n) is 4.72. The molecule has 24 heavy (non-hydrogen) atoms. The van der Waals surface area contributed by atoms with E-state index < -0.39 is 0 Å². The predicted molar refractivity (Wildman–Crippen MR) is 98.2 cm³/mol. The van der Waals surface area contributed by atoms with E-state index in [0.29, 0.717) is 6.61 Å². The molecule has 4 heteroatoms. The molecule has 1 aliphatic heterocycles. The number of hydrogen-bond acceptors (Lipinski definition) is 4. The molecule has 0 radical (unpaired) electrons. The lowest BCUT2D eigenvalue weighted by molar-refractivity contribution is -0.230. The molecule has 0 aromatic rings. The van der Waals surface area contributed by atoms with E-state index in [1.807, 2.05) is 0 Å². The van der Waals surface area contributed by atoms with Gasteiger partial charge in [0.1, 0.15) is 0 Å². The number of hydrogen-bond donors (Lipinski definition) is 1. The number of aliphatic hydroxyl groups is 1. The Morgan fingerprint density at radius 2 is 1.62 bits per heavy atom. The number of aliphatic hydroxyl groups excluding tert-OH is 1. The zero-order chi connectivity index (χ0) is 17.5. The van der Waals surface area contributed by atoms with Crippen LogP contribution in [-0.2, 0) is 14.2 Å². The van der Waals surface area contributed by atoms with E-state index in [1.165, 1.54) is 57.8 Å². The Hall–Kier alpha value is -0.160. The third-order valence-corrected chi connectivity index (χ3v) is 4.72. The van der Waals surface area contributed by atoms with Crippen molar-refractivity contribution in [2.24, 2.45) is 0 Å². The monoisotopic (exact) mass is 344 g/mol. The molecule has 3 atom stereocenters. The summed E-state index contributed by atoms with van der Waals surface area (Å²) in [7, 11) is 0. The van der Waals surface area contributed by atoms with Gasteiger partial charge in [-0.15, -0.1) is 0 Å². The summed E-state index contributed by atoms with van der Waals surface area (Å²) in [6, 6.07) is 0. The maximum absolute atomic E-state index is 9.15. The Kier molecular flexibility index (Phi) is 13.8. The van der Waals surface area contributed by atoms with Crippen molar-refractivity contribution in [1.82, 2.24) is 0 Å². The van der Waals surface area contributed by atoms with Crippen LogP contribution in [0.3, 0.4) is 0 Å². The lowest BCUT2D eigenvalue weighted by Gasteiger charge is -2.30. The Morgan fingerprint density at radius 3 is 2.25 bits per heavy atom. The van der Waals surface area contributed by atoms with Crippen LogP contribution in [0.2, 0.25) is 0 Å². The minimum Gasteiger partial charge on any atom is -0.394 e. The van der Waals surface area contributed by atoms with E-state index in [1.54, 1.807) is 0 Å². The summed E-state index contributed by atoms with van der Waals surface area (Å²) in [5.41, 5.74) is 0. The lowest BCUT2D eigenvalue weighted by Crippen LogP contribution is -2.36. The van der Waals surface area contributed by atoms with Crippen LogP contribution in [0, 0.1) is 0 Å². The second-order valence-corrected chi connectivity index (χ2v) is 7.13. The van der Waals surface area contributed by atoms with Crippen molar-refractivity contribution in [1.29, 1.82) is 0 Å². The summed E-state index contributed by atoms with van der Waals surface area (Å²) in [5.74, 6) is 0. The molecule has 0 spiro atoms. The largest absolute Gasteiger partial charge is 0.394 e. The van der Waals surface area contributed by atoms with Gasteiger partial charge in [-0.25, -0.2) is 0 Å². The van der Waals surface area contributed by atoms with Gasteiger partial charge in [-0.1, -0.05) is 64.7 Å². The minimum atomic E-state index is -0.224. The summed E-state index contributed by atoms with van der Waals surface area (Å²) in [5, 5.41) is 9.15. The molecule has 1 saturated heterocycles. The summed E-state index contributed by atoms with van der Waals surface area (Å²) < 4.78 is 17.1. The van der Waals surface area contributed by atoms with Crippen LogP contribution in [-0.4, -0.2) is 43.4 Å². The highest BCUT2D eigenvalue weighted by Gasteiger charge is 2.24. The Balaban J connectivity index is 1.86. The van der Waals surface area contributed by atoms with Crippen molar-refractivity contribution in [3.8, 4) is 0 Å². The molecule has 1 rings (SSSR count). The normalized spacial score (nSPS) is 22.6. The number of rotatable bonds is 15. The van der Waals surface area contributed by atoms with E-state index in [0.717, 1.165) is 25.9 Å². The van der Waals surface area contributed by atoms with E-state index in [2.05, 4.69) is 13.8 Å². The van der Waals surface area contributed by atoms with Gasteiger partial charge in [-0.3, -0.25) is 0 Å². The van der Waals surface area contributed by atoms with Crippen molar-refractivity contribution < 1.29 is 19.3 Å². The second kappa shape index (κ2) is 15.1. The van der Waals surface area contributed by atoms with Gasteiger partial charge in [0, 0.05) is 13.0 Å². The predicted octanol–water partition coefficient (Wildman–Crippen LogP) is 4.83. The van der Waals surface area contributed by atoms with Gasteiger partial charge in [0.2, 0.25) is 0 Å². The van der Waals surface area contributed by atoms with Gasteiger partial charge >= 0.3 is 0 Å². The molecule has 0 aliphatic carbocycles. The van der Waals surface area contributed by atoms with Crippen molar-refractivity contribution in [3.05, 3.63) is 0 Å². The van der Waals surface area contributed by atoms with Crippen LogP contribution in [0.5, 0.6) is 0 Å². The first-order valence-electron chi connectivity index (χ1n) is 10.3. The quantitative estimate of drug-likeness (QED) is 0.432. The van der Waals surface area contributed by atoms with Gasteiger partial charge in [-0.05, 0) is 19.8 Å². The second-order valence-electron chi connectivity index (χ2n) is 7.13. The molecule has 1 unspecified atom stereocenters. The fraction of sp³-hybridized carbons (Fsp3) is 1.00.